The van der Waals surface area contributed by atoms with Gasteiger partial charge in [0.1, 0.15) is 17.6 Å². The Balaban J connectivity index is 2.14. The number of aromatic nitrogens is 2. The molecule has 0 saturated heterocycles. The van der Waals surface area contributed by atoms with Crippen LogP contribution in [0.3, 0.4) is 0 Å². The summed E-state index contributed by atoms with van der Waals surface area (Å²) in [5.41, 5.74) is 5.93. The van der Waals surface area contributed by atoms with E-state index in [-0.39, 0.29) is 22.3 Å². The smallest absolute Gasteiger partial charge is 0.287 e. The molecule has 0 aliphatic heterocycles. The van der Waals surface area contributed by atoms with E-state index < -0.39 is 11.5 Å². The van der Waals surface area contributed by atoms with E-state index in [1.54, 1.807) is 0 Å². The summed E-state index contributed by atoms with van der Waals surface area (Å²) >= 11 is 11.3. The number of nitrogens with zero attached hydrogens (tertiary/aromatic N) is 3. The van der Waals surface area contributed by atoms with E-state index in [0.717, 1.165) is 4.68 Å². The molecule has 2 rings (SSSR count). The van der Waals surface area contributed by atoms with Crippen LogP contribution in [0.2, 0.25) is 10.0 Å². The number of rotatable bonds is 3. The minimum Gasteiger partial charge on any atom is -0.398 e. The second-order valence-electron chi connectivity index (χ2n) is 4.23. The molecule has 0 fully saturated rings. The number of nitriles is 1. The van der Waals surface area contributed by atoms with Crippen molar-refractivity contribution >= 4 is 40.5 Å². The Bertz CT molecular complexity index is 841. The monoisotopic (exact) mass is 337 g/mol. The predicted molar refractivity (Wildman–Crippen MR) is 82.7 cm³/mol. The largest absolute Gasteiger partial charge is 0.398 e. The first kappa shape index (κ1) is 15.8. The number of hydrogen-bond acceptors (Lipinski definition) is 5. The van der Waals surface area contributed by atoms with Crippen molar-refractivity contribution in [3.05, 3.63) is 50.4 Å². The fraction of sp³-hybridized carbons (Fsp3) is 0.0769. The average Bonchev–Trinajstić information content (AvgIpc) is 2.48. The van der Waals surface area contributed by atoms with Gasteiger partial charge >= 0.3 is 0 Å². The number of halogens is 2. The highest BCUT2D eigenvalue weighted by atomic mass is 35.5. The minimum atomic E-state index is -0.663. The highest BCUT2D eigenvalue weighted by Gasteiger charge is 2.11. The van der Waals surface area contributed by atoms with Gasteiger partial charge in [-0.15, -0.1) is 0 Å². The van der Waals surface area contributed by atoms with Crippen LogP contribution in [-0.4, -0.2) is 15.7 Å². The molecule has 0 atom stereocenters. The van der Waals surface area contributed by atoms with Crippen molar-refractivity contribution in [1.29, 1.82) is 5.26 Å². The lowest BCUT2D eigenvalue weighted by Gasteiger charge is -2.08. The molecule has 0 unspecified atom stereocenters. The Hall–Kier alpha value is -2.56. The third-order valence-corrected chi connectivity index (χ3v) is 3.44. The molecule has 0 saturated carbocycles. The molecule has 0 bridgehead atoms. The van der Waals surface area contributed by atoms with Gasteiger partial charge < -0.3 is 11.1 Å². The summed E-state index contributed by atoms with van der Waals surface area (Å²) in [6, 6.07) is 6.37. The molecule has 1 aromatic heterocycles. The molecule has 9 heteroatoms. The van der Waals surface area contributed by atoms with Crippen LogP contribution in [-0.2, 0) is 11.3 Å². The zero-order valence-corrected chi connectivity index (χ0v) is 12.5. The maximum absolute atomic E-state index is 11.9. The van der Waals surface area contributed by atoms with Gasteiger partial charge in [-0.05, 0) is 18.2 Å². The molecule has 112 valence electrons. The third kappa shape index (κ3) is 3.36. The van der Waals surface area contributed by atoms with Crippen LogP contribution in [0.5, 0.6) is 0 Å². The van der Waals surface area contributed by atoms with E-state index in [1.165, 1.54) is 24.4 Å². The fourth-order valence-corrected chi connectivity index (χ4v) is 1.91. The van der Waals surface area contributed by atoms with Crippen molar-refractivity contribution in [3.63, 3.8) is 0 Å². The Morgan fingerprint density at radius 3 is 2.82 bits per heavy atom. The molecule has 22 heavy (non-hydrogen) atoms. The molecular weight excluding hydrogens is 329 g/mol. The fourth-order valence-electron chi connectivity index (χ4n) is 1.64. The molecule has 7 nitrogen and oxygen atoms in total. The zero-order valence-electron chi connectivity index (χ0n) is 11.0. The van der Waals surface area contributed by atoms with E-state index in [1.807, 2.05) is 6.07 Å². The van der Waals surface area contributed by atoms with Crippen LogP contribution in [0, 0.1) is 11.3 Å². The molecule has 1 amide bonds. The highest BCUT2D eigenvalue weighted by Crippen LogP contribution is 2.17. The van der Waals surface area contributed by atoms with Crippen LogP contribution >= 0.6 is 23.2 Å². The molecule has 3 N–H and O–H groups in total. The maximum atomic E-state index is 11.9. The van der Waals surface area contributed by atoms with E-state index in [9.17, 15) is 9.59 Å². The van der Waals surface area contributed by atoms with Gasteiger partial charge in [0, 0.05) is 5.69 Å². The van der Waals surface area contributed by atoms with Crippen molar-refractivity contribution in [2.45, 2.75) is 6.54 Å². The van der Waals surface area contributed by atoms with Crippen LogP contribution in [0.15, 0.2) is 29.2 Å². The predicted octanol–water partition coefficient (Wildman–Crippen LogP) is 1.64. The van der Waals surface area contributed by atoms with Crippen LogP contribution in [0.1, 0.15) is 5.56 Å². The number of carbonyl (C=O) groups is 1. The van der Waals surface area contributed by atoms with Crippen molar-refractivity contribution < 1.29 is 4.79 Å². The summed E-state index contributed by atoms with van der Waals surface area (Å²) in [4.78, 5) is 23.7. The number of carbonyl (C=O) groups excluding carboxylic acids is 1. The van der Waals surface area contributed by atoms with Crippen molar-refractivity contribution in [2.75, 3.05) is 11.1 Å². The van der Waals surface area contributed by atoms with Crippen molar-refractivity contribution in [2.24, 2.45) is 0 Å². The number of nitrogens with two attached hydrogens (primary N) is 1. The number of hydrogen-bond donors (Lipinski definition) is 2. The molecule has 0 aliphatic rings. The molecule has 1 aromatic carbocycles. The van der Waals surface area contributed by atoms with Gasteiger partial charge in [0.25, 0.3) is 5.56 Å². The van der Waals surface area contributed by atoms with Gasteiger partial charge in [0.2, 0.25) is 5.91 Å². The standard InChI is InChI=1S/C13H9Cl2N5O2/c14-9-5-18-20(13(22)12(9)15)6-11(21)19-8-2-1-7(4-16)10(17)3-8/h1-3,5H,6,17H2,(H,19,21). The summed E-state index contributed by atoms with van der Waals surface area (Å²) in [6.45, 7) is -0.338. The lowest BCUT2D eigenvalue weighted by Crippen LogP contribution is -2.29. The van der Waals surface area contributed by atoms with Crippen LogP contribution in [0.4, 0.5) is 11.4 Å². The van der Waals surface area contributed by atoms with Gasteiger partial charge in [0.05, 0.1) is 22.5 Å². The second-order valence-corrected chi connectivity index (χ2v) is 5.02. The average molecular weight is 338 g/mol. The Kier molecular flexibility index (Phi) is 4.65. The van der Waals surface area contributed by atoms with E-state index in [4.69, 9.17) is 34.2 Å². The summed E-state index contributed by atoms with van der Waals surface area (Å²) in [6.07, 6.45) is 1.18. The quantitative estimate of drug-likeness (QED) is 0.826. The SMILES string of the molecule is N#Cc1ccc(NC(=O)Cn2ncc(Cl)c(Cl)c2=O)cc1N. The Labute approximate surface area is 134 Å². The Morgan fingerprint density at radius 1 is 1.45 bits per heavy atom. The minimum absolute atomic E-state index is 0.0168. The number of nitrogens with one attached hydrogen (secondary N) is 1. The molecule has 1 heterocycles. The zero-order chi connectivity index (χ0) is 16.3. The van der Waals surface area contributed by atoms with Gasteiger partial charge in [-0.25, -0.2) is 4.68 Å². The number of amides is 1. The molecule has 0 aliphatic carbocycles. The Morgan fingerprint density at radius 2 is 2.18 bits per heavy atom. The first-order valence-electron chi connectivity index (χ1n) is 5.93. The van der Waals surface area contributed by atoms with Crippen molar-refractivity contribution in [1.82, 2.24) is 9.78 Å². The van der Waals surface area contributed by atoms with Gasteiger partial charge in [0.15, 0.2) is 0 Å². The normalized spacial score (nSPS) is 10.0. The van der Waals surface area contributed by atoms with Gasteiger partial charge in [-0.2, -0.15) is 10.4 Å². The number of nitrogen functional groups attached to an aromatic ring is 1. The van der Waals surface area contributed by atoms with Crippen LogP contribution < -0.4 is 16.6 Å². The molecule has 2 aromatic rings. The maximum Gasteiger partial charge on any atom is 0.287 e. The lowest BCUT2D eigenvalue weighted by molar-refractivity contribution is -0.117. The first-order chi connectivity index (χ1) is 10.4. The second kappa shape index (κ2) is 6.47. The summed E-state index contributed by atoms with van der Waals surface area (Å²) in [5, 5.41) is 14.9. The van der Waals surface area contributed by atoms with E-state index in [0.29, 0.717) is 11.3 Å². The summed E-state index contributed by atoms with van der Waals surface area (Å²) < 4.78 is 0.885. The van der Waals surface area contributed by atoms with E-state index in [2.05, 4.69) is 10.4 Å². The van der Waals surface area contributed by atoms with Gasteiger partial charge in [-0.1, -0.05) is 23.2 Å². The molecular formula is C13H9Cl2N5O2. The lowest BCUT2D eigenvalue weighted by atomic mass is 10.2. The third-order valence-electron chi connectivity index (χ3n) is 2.69. The van der Waals surface area contributed by atoms with Crippen molar-refractivity contribution in [3.8, 4) is 6.07 Å². The van der Waals surface area contributed by atoms with E-state index >= 15 is 0 Å². The van der Waals surface area contributed by atoms with Crippen LogP contribution in [0.25, 0.3) is 0 Å². The summed E-state index contributed by atoms with van der Waals surface area (Å²) in [7, 11) is 0. The first-order valence-corrected chi connectivity index (χ1v) is 6.68. The molecule has 0 radical (unpaired) electrons. The number of anilines is 2. The molecule has 0 spiro atoms. The van der Waals surface area contributed by atoms with Gasteiger partial charge in [-0.3, -0.25) is 9.59 Å². The highest BCUT2D eigenvalue weighted by molar-refractivity contribution is 6.41. The topological polar surface area (TPSA) is 114 Å². The number of benzene rings is 1. The summed E-state index contributed by atoms with van der Waals surface area (Å²) in [5.74, 6) is -0.503.